The van der Waals surface area contributed by atoms with Gasteiger partial charge < -0.3 is 5.73 Å². The van der Waals surface area contributed by atoms with Crippen molar-refractivity contribution in [2.45, 2.75) is 32.9 Å². The Morgan fingerprint density at radius 2 is 2.00 bits per heavy atom. The molecule has 0 radical (unpaired) electrons. The number of hydrogen-bond acceptors (Lipinski definition) is 4. The Morgan fingerprint density at radius 3 is 2.39 bits per heavy atom. The highest BCUT2D eigenvalue weighted by Gasteiger charge is 2.26. The van der Waals surface area contributed by atoms with Crippen molar-refractivity contribution in [2.75, 3.05) is 6.54 Å². The molecule has 0 aliphatic carbocycles. The average Bonchev–Trinajstić information content (AvgIpc) is 2.70. The number of amides is 1. The molecule has 2 N–H and O–H groups in total. The summed E-state index contributed by atoms with van der Waals surface area (Å²) in [4.78, 5) is 25.7. The van der Waals surface area contributed by atoms with Crippen LogP contribution in [-0.4, -0.2) is 35.2 Å². The molecule has 1 amide bonds. The van der Waals surface area contributed by atoms with Crippen LogP contribution in [-0.2, 0) is 4.79 Å². The Bertz CT molecular complexity index is 445. The van der Waals surface area contributed by atoms with E-state index in [2.05, 4.69) is 0 Å². The van der Waals surface area contributed by atoms with E-state index in [0.29, 0.717) is 9.21 Å². The molecule has 0 saturated carbocycles. The number of thiophene rings is 1. The zero-order chi connectivity index (χ0) is 13.9. The van der Waals surface area contributed by atoms with Gasteiger partial charge in [-0.3, -0.25) is 14.5 Å². The number of nitrogens with zero attached hydrogens (tertiary/aromatic N) is 1. The van der Waals surface area contributed by atoms with Gasteiger partial charge in [-0.15, -0.1) is 11.3 Å². The second kappa shape index (κ2) is 6.31. The second-order valence-electron chi connectivity index (χ2n) is 4.38. The van der Waals surface area contributed by atoms with Crippen LogP contribution in [0.2, 0.25) is 4.34 Å². The number of hydrogen-bond donors (Lipinski definition) is 1. The zero-order valence-corrected chi connectivity index (χ0v) is 12.2. The van der Waals surface area contributed by atoms with Crippen LogP contribution in [0, 0.1) is 0 Å². The fraction of sp³-hybridized carbons (Fsp3) is 0.500. The van der Waals surface area contributed by atoms with Crippen molar-refractivity contribution in [2.24, 2.45) is 5.73 Å². The summed E-state index contributed by atoms with van der Waals surface area (Å²) >= 11 is 7.06. The van der Waals surface area contributed by atoms with E-state index in [1.54, 1.807) is 24.0 Å². The molecule has 1 atom stereocenters. The van der Waals surface area contributed by atoms with Crippen LogP contribution in [0.1, 0.15) is 30.4 Å². The first-order valence-corrected chi connectivity index (χ1v) is 6.86. The van der Waals surface area contributed by atoms with Crippen molar-refractivity contribution in [3.63, 3.8) is 0 Å². The van der Waals surface area contributed by atoms with E-state index in [-0.39, 0.29) is 18.4 Å². The number of rotatable bonds is 6. The minimum Gasteiger partial charge on any atom is -0.369 e. The van der Waals surface area contributed by atoms with Crippen LogP contribution in [0.15, 0.2) is 12.1 Å². The number of halogens is 1. The summed E-state index contributed by atoms with van der Waals surface area (Å²) in [5.74, 6) is -0.477. The first-order chi connectivity index (χ1) is 8.32. The number of Topliss-reactive ketones (excluding diaryl/α,β-unsaturated/α-hetero) is 1. The van der Waals surface area contributed by atoms with Gasteiger partial charge in [-0.1, -0.05) is 11.6 Å². The smallest absolute Gasteiger partial charge is 0.231 e. The highest BCUT2D eigenvalue weighted by atomic mass is 35.5. The molecule has 0 aliphatic rings. The summed E-state index contributed by atoms with van der Waals surface area (Å²) < 4.78 is 0.580. The molecule has 100 valence electrons. The lowest BCUT2D eigenvalue weighted by molar-refractivity contribution is -0.119. The highest BCUT2D eigenvalue weighted by Crippen LogP contribution is 2.24. The second-order valence-corrected chi connectivity index (χ2v) is 6.09. The fourth-order valence-electron chi connectivity index (χ4n) is 1.75. The van der Waals surface area contributed by atoms with Gasteiger partial charge in [0.05, 0.1) is 21.8 Å². The molecule has 0 fully saturated rings. The molecular formula is C12H17ClN2O2S. The van der Waals surface area contributed by atoms with Gasteiger partial charge in [0, 0.05) is 6.04 Å². The fourth-order valence-corrected chi connectivity index (χ4v) is 2.82. The molecule has 1 rings (SSSR count). The first-order valence-electron chi connectivity index (χ1n) is 5.66. The minimum atomic E-state index is -0.437. The van der Waals surface area contributed by atoms with Crippen molar-refractivity contribution >= 4 is 34.6 Å². The van der Waals surface area contributed by atoms with Crippen molar-refractivity contribution in [3.8, 4) is 0 Å². The highest BCUT2D eigenvalue weighted by molar-refractivity contribution is 7.18. The number of carbonyl (C=O) groups excluding carboxylic acids is 2. The Labute approximate surface area is 116 Å². The summed E-state index contributed by atoms with van der Waals surface area (Å²) in [6.45, 7) is 5.70. The predicted octanol–water partition coefficient (Wildman–Crippen LogP) is 2.17. The predicted molar refractivity (Wildman–Crippen MR) is 74.2 cm³/mol. The third-order valence-corrected chi connectivity index (χ3v) is 3.94. The summed E-state index contributed by atoms with van der Waals surface area (Å²) in [5, 5.41) is 0. The van der Waals surface area contributed by atoms with E-state index in [1.165, 1.54) is 11.3 Å². The molecule has 6 heteroatoms. The van der Waals surface area contributed by atoms with Gasteiger partial charge >= 0.3 is 0 Å². The SMILES string of the molecule is CC(C)N(CC(N)=O)C(C)C(=O)c1ccc(Cl)s1. The lowest BCUT2D eigenvalue weighted by Crippen LogP contribution is -2.47. The van der Waals surface area contributed by atoms with E-state index >= 15 is 0 Å². The van der Waals surface area contributed by atoms with Crippen molar-refractivity contribution in [3.05, 3.63) is 21.3 Å². The molecule has 0 bridgehead atoms. The van der Waals surface area contributed by atoms with Gasteiger partial charge in [0.25, 0.3) is 0 Å². The third-order valence-electron chi connectivity index (χ3n) is 2.69. The molecule has 0 saturated heterocycles. The van der Waals surface area contributed by atoms with Gasteiger partial charge in [0.1, 0.15) is 0 Å². The summed E-state index contributed by atoms with van der Waals surface area (Å²) in [7, 11) is 0. The maximum atomic E-state index is 12.2. The van der Waals surface area contributed by atoms with Gasteiger partial charge in [0.2, 0.25) is 5.91 Å². The summed E-state index contributed by atoms with van der Waals surface area (Å²) in [6, 6.07) is 3.06. The molecule has 1 aromatic rings. The van der Waals surface area contributed by atoms with Gasteiger partial charge in [-0.05, 0) is 32.9 Å². The van der Waals surface area contributed by atoms with E-state index < -0.39 is 11.9 Å². The van der Waals surface area contributed by atoms with Crippen molar-refractivity contribution in [1.82, 2.24) is 4.90 Å². The lowest BCUT2D eigenvalue weighted by Gasteiger charge is -2.30. The van der Waals surface area contributed by atoms with Gasteiger partial charge in [0.15, 0.2) is 5.78 Å². The molecular weight excluding hydrogens is 272 g/mol. The van der Waals surface area contributed by atoms with Crippen LogP contribution in [0.3, 0.4) is 0 Å². The Hall–Kier alpha value is -0.910. The quantitative estimate of drug-likeness (QED) is 0.816. The van der Waals surface area contributed by atoms with Crippen molar-refractivity contribution < 1.29 is 9.59 Å². The van der Waals surface area contributed by atoms with Crippen LogP contribution in [0.25, 0.3) is 0 Å². The van der Waals surface area contributed by atoms with Crippen LogP contribution < -0.4 is 5.73 Å². The van der Waals surface area contributed by atoms with E-state index in [0.717, 1.165) is 0 Å². The van der Waals surface area contributed by atoms with Crippen LogP contribution in [0.4, 0.5) is 0 Å². The van der Waals surface area contributed by atoms with Crippen LogP contribution >= 0.6 is 22.9 Å². The van der Waals surface area contributed by atoms with E-state index in [9.17, 15) is 9.59 Å². The van der Waals surface area contributed by atoms with Gasteiger partial charge in [-0.25, -0.2) is 0 Å². The Morgan fingerprint density at radius 1 is 1.39 bits per heavy atom. The van der Waals surface area contributed by atoms with E-state index in [1.807, 2.05) is 13.8 Å². The summed E-state index contributed by atoms with van der Waals surface area (Å²) in [5.41, 5.74) is 5.20. The largest absolute Gasteiger partial charge is 0.369 e. The third kappa shape index (κ3) is 3.80. The molecule has 18 heavy (non-hydrogen) atoms. The molecule has 4 nitrogen and oxygen atoms in total. The number of primary amides is 1. The first kappa shape index (κ1) is 15.1. The average molecular weight is 289 g/mol. The molecule has 0 spiro atoms. The monoisotopic (exact) mass is 288 g/mol. The lowest BCUT2D eigenvalue weighted by atomic mass is 10.1. The number of nitrogens with two attached hydrogens (primary N) is 1. The van der Waals surface area contributed by atoms with Crippen LogP contribution in [0.5, 0.6) is 0 Å². The maximum absolute atomic E-state index is 12.2. The Balaban J connectivity index is 2.85. The summed E-state index contributed by atoms with van der Waals surface area (Å²) in [6.07, 6.45) is 0. The molecule has 1 unspecified atom stereocenters. The zero-order valence-electron chi connectivity index (χ0n) is 10.6. The van der Waals surface area contributed by atoms with Gasteiger partial charge in [-0.2, -0.15) is 0 Å². The number of ketones is 1. The standard InChI is InChI=1S/C12H17ClN2O2S/c1-7(2)15(6-11(14)16)8(3)12(17)9-4-5-10(13)18-9/h4-5,7-8H,6H2,1-3H3,(H2,14,16). The normalized spacial score (nSPS) is 13.0. The topological polar surface area (TPSA) is 63.4 Å². The molecule has 1 heterocycles. The van der Waals surface area contributed by atoms with Crippen molar-refractivity contribution in [1.29, 1.82) is 0 Å². The minimum absolute atomic E-state index is 0.0400. The van der Waals surface area contributed by atoms with E-state index in [4.69, 9.17) is 17.3 Å². The molecule has 0 aliphatic heterocycles. The number of carbonyl (C=O) groups is 2. The maximum Gasteiger partial charge on any atom is 0.231 e. The molecule has 1 aromatic heterocycles. The molecule has 0 aromatic carbocycles. The Kier molecular flexibility index (Phi) is 5.31.